The number of carboxylic acid groups (broad SMARTS) is 1. The molecule has 1 aliphatic rings. The van der Waals surface area contributed by atoms with Gasteiger partial charge in [-0.3, -0.25) is 4.79 Å². The Bertz CT molecular complexity index is 742. The lowest BCUT2D eigenvalue weighted by Crippen LogP contribution is -2.36. The largest absolute Gasteiger partial charge is 0.481 e. The molecule has 1 heterocycles. The van der Waals surface area contributed by atoms with Crippen molar-refractivity contribution in [2.24, 2.45) is 5.92 Å². The summed E-state index contributed by atoms with van der Waals surface area (Å²) in [7, 11) is 0. The molecule has 2 aromatic carbocycles. The van der Waals surface area contributed by atoms with Crippen LogP contribution in [0.5, 0.6) is 0 Å². The van der Waals surface area contributed by atoms with E-state index in [1.165, 1.54) is 11.1 Å². The molecule has 0 saturated carbocycles. The maximum Gasteiger partial charge on any atom is 0.303 e. The van der Waals surface area contributed by atoms with Gasteiger partial charge in [-0.2, -0.15) is 0 Å². The van der Waals surface area contributed by atoms with Gasteiger partial charge in [0.1, 0.15) is 0 Å². The van der Waals surface area contributed by atoms with E-state index < -0.39 is 5.97 Å². The zero-order chi connectivity index (χ0) is 19.6. The van der Waals surface area contributed by atoms with Gasteiger partial charge >= 0.3 is 5.97 Å². The molecule has 0 radical (unpaired) electrons. The Labute approximate surface area is 166 Å². The van der Waals surface area contributed by atoms with E-state index >= 15 is 0 Å². The first-order valence-electron chi connectivity index (χ1n) is 9.95. The summed E-state index contributed by atoms with van der Waals surface area (Å²) in [6.45, 7) is 0.649. The molecule has 0 aliphatic carbocycles. The number of hydrogen-bond acceptors (Lipinski definition) is 3. The summed E-state index contributed by atoms with van der Waals surface area (Å²) in [5.74, 6) is -0.499. The van der Waals surface area contributed by atoms with Gasteiger partial charge in [0.15, 0.2) is 6.29 Å². The Morgan fingerprint density at radius 2 is 1.75 bits per heavy atom. The van der Waals surface area contributed by atoms with Gasteiger partial charge in [-0.1, -0.05) is 72.8 Å². The third-order valence-electron chi connectivity index (χ3n) is 4.96. The third-order valence-corrected chi connectivity index (χ3v) is 4.96. The van der Waals surface area contributed by atoms with Crippen LogP contribution in [0.4, 0.5) is 0 Å². The second-order valence-electron chi connectivity index (χ2n) is 7.17. The Kier molecular flexibility index (Phi) is 7.82. The van der Waals surface area contributed by atoms with Crippen molar-refractivity contribution < 1.29 is 19.4 Å². The molecule has 0 amide bonds. The highest BCUT2D eigenvalue weighted by Crippen LogP contribution is 2.35. The number of benzene rings is 2. The average molecular weight is 380 g/mol. The van der Waals surface area contributed by atoms with E-state index in [0.29, 0.717) is 13.0 Å². The van der Waals surface area contributed by atoms with Crippen molar-refractivity contribution in [1.82, 2.24) is 0 Å². The van der Waals surface area contributed by atoms with Gasteiger partial charge in [0, 0.05) is 18.8 Å². The summed E-state index contributed by atoms with van der Waals surface area (Å²) in [5, 5.41) is 8.71. The number of aliphatic carboxylic acids is 1. The van der Waals surface area contributed by atoms with Crippen LogP contribution in [0.25, 0.3) is 0 Å². The average Bonchev–Trinajstić information content (AvgIpc) is 2.72. The maximum absolute atomic E-state index is 10.6. The molecule has 1 aliphatic heterocycles. The fraction of sp³-hybridized carbons (Fsp3) is 0.375. The Hall–Kier alpha value is -2.43. The molecule has 1 fully saturated rings. The minimum Gasteiger partial charge on any atom is -0.481 e. The summed E-state index contributed by atoms with van der Waals surface area (Å²) >= 11 is 0. The van der Waals surface area contributed by atoms with Crippen LogP contribution < -0.4 is 0 Å². The van der Waals surface area contributed by atoms with E-state index in [9.17, 15) is 4.79 Å². The summed E-state index contributed by atoms with van der Waals surface area (Å²) in [4.78, 5) is 10.6. The Morgan fingerprint density at radius 1 is 1.04 bits per heavy atom. The lowest BCUT2D eigenvalue weighted by Gasteiger charge is -2.36. The van der Waals surface area contributed by atoms with Crippen LogP contribution in [-0.4, -0.2) is 24.0 Å². The van der Waals surface area contributed by atoms with Crippen LogP contribution in [0.1, 0.15) is 42.9 Å². The van der Waals surface area contributed by atoms with Crippen molar-refractivity contribution in [1.29, 1.82) is 0 Å². The van der Waals surface area contributed by atoms with Gasteiger partial charge in [-0.15, -0.1) is 0 Å². The van der Waals surface area contributed by atoms with E-state index in [2.05, 4.69) is 36.4 Å². The van der Waals surface area contributed by atoms with Crippen LogP contribution in [0.2, 0.25) is 0 Å². The number of hydrogen-bond donors (Lipinski definition) is 1. The van der Waals surface area contributed by atoms with Gasteiger partial charge in [0.25, 0.3) is 0 Å². The Morgan fingerprint density at radius 3 is 2.46 bits per heavy atom. The van der Waals surface area contributed by atoms with Gasteiger partial charge in [0.05, 0.1) is 12.7 Å². The highest BCUT2D eigenvalue weighted by atomic mass is 16.7. The summed E-state index contributed by atoms with van der Waals surface area (Å²) < 4.78 is 12.4. The number of ether oxygens (including phenoxy) is 2. The molecule has 1 N–H and O–H groups in total. The molecular formula is C24H28O4. The van der Waals surface area contributed by atoms with E-state index in [-0.39, 0.29) is 24.7 Å². The molecule has 1 unspecified atom stereocenters. The number of carboxylic acids is 1. The zero-order valence-electron chi connectivity index (χ0n) is 16.1. The molecule has 0 aromatic heterocycles. The quantitative estimate of drug-likeness (QED) is 0.482. The zero-order valence-corrected chi connectivity index (χ0v) is 16.1. The lowest BCUT2D eigenvalue weighted by atomic mass is 9.92. The first-order valence-corrected chi connectivity index (χ1v) is 9.95. The van der Waals surface area contributed by atoms with Gasteiger partial charge in [-0.05, 0) is 30.4 Å². The van der Waals surface area contributed by atoms with Crippen LogP contribution in [-0.2, 0) is 20.7 Å². The molecule has 0 bridgehead atoms. The molecule has 4 nitrogen and oxygen atoms in total. The van der Waals surface area contributed by atoms with E-state index in [1.807, 2.05) is 36.4 Å². The third kappa shape index (κ3) is 6.32. The second-order valence-corrected chi connectivity index (χ2v) is 7.17. The second kappa shape index (κ2) is 10.8. The fourth-order valence-electron chi connectivity index (χ4n) is 3.49. The standard InChI is InChI=1S/C24H28O4/c25-22(26)16-10-2-1-7-15-21-18-27-23(17-19-11-5-3-6-12-19)28-24(21)20-13-8-4-9-14-20/h1,3-9,11-14,21,23-24H,2,10,15-18H2,(H,25,26)/t21?,23-,24+/m0/s1. The lowest BCUT2D eigenvalue weighted by molar-refractivity contribution is -0.237. The molecule has 3 rings (SSSR count). The van der Waals surface area contributed by atoms with Crippen molar-refractivity contribution >= 4 is 5.97 Å². The summed E-state index contributed by atoms with van der Waals surface area (Å²) in [6, 6.07) is 20.6. The highest BCUT2D eigenvalue weighted by molar-refractivity contribution is 5.66. The normalized spacial score (nSPS) is 22.4. The molecule has 148 valence electrons. The van der Waals surface area contributed by atoms with Crippen molar-refractivity contribution in [3.8, 4) is 0 Å². The van der Waals surface area contributed by atoms with Crippen LogP contribution in [0.3, 0.4) is 0 Å². The number of carbonyl (C=O) groups is 1. The van der Waals surface area contributed by atoms with E-state index in [0.717, 1.165) is 19.3 Å². The molecular weight excluding hydrogens is 352 g/mol. The van der Waals surface area contributed by atoms with Crippen molar-refractivity contribution in [3.05, 3.63) is 83.9 Å². The maximum atomic E-state index is 10.6. The van der Waals surface area contributed by atoms with Gasteiger partial charge < -0.3 is 14.6 Å². The fourth-order valence-corrected chi connectivity index (χ4v) is 3.49. The summed E-state index contributed by atoms with van der Waals surface area (Å²) in [6.07, 6.45) is 7.21. The monoisotopic (exact) mass is 380 g/mol. The highest BCUT2D eigenvalue weighted by Gasteiger charge is 2.32. The molecule has 2 aromatic rings. The van der Waals surface area contributed by atoms with Gasteiger partial charge in [-0.25, -0.2) is 0 Å². The first kappa shape index (κ1) is 20.3. The topological polar surface area (TPSA) is 55.8 Å². The van der Waals surface area contributed by atoms with Crippen LogP contribution in [0.15, 0.2) is 72.8 Å². The molecule has 28 heavy (non-hydrogen) atoms. The van der Waals surface area contributed by atoms with Crippen molar-refractivity contribution in [3.63, 3.8) is 0 Å². The first-order chi connectivity index (χ1) is 13.7. The predicted octanol–water partition coefficient (Wildman–Crippen LogP) is 5.16. The minimum absolute atomic E-state index is 0.00710. The number of unbranched alkanes of at least 4 members (excludes halogenated alkanes) is 1. The minimum atomic E-state index is -0.740. The van der Waals surface area contributed by atoms with Crippen molar-refractivity contribution in [2.75, 3.05) is 6.61 Å². The molecule has 3 atom stereocenters. The van der Waals surface area contributed by atoms with Crippen LogP contribution >= 0.6 is 0 Å². The number of rotatable bonds is 9. The molecule has 1 saturated heterocycles. The SMILES string of the molecule is O=C(O)CCCC=CCC1CO[C@H](Cc2ccccc2)O[C@@H]1c1ccccc1. The van der Waals surface area contributed by atoms with Crippen molar-refractivity contribution in [2.45, 2.75) is 44.5 Å². The summed E-state index contributed by atoms with van der Waals surface area (Å²) in [5.41, 5.74) is 2.38. The molecule has 0 spiro atoms. The number of allylic oxidation sites excluding steroid dienone is 2. The smallest absolute Gasteiger partial charge is 0.303 e. The van der Waals surface area contributed by atoms with E-state index in [4.69, 9.17) is 14.6 Å². The van der Waals surface area contributed by atoms with Crippen LogP contribution in [0, 0.1) is 5.92 Å². The van der Waals surface area contributed by atoms with E-state index in [1.54, 1.807) is 0 Å². The molecule has 4 heteroatoms. The Balaban J connectivity index is 1.60. The van der Waals surface area contributed by atoms with Gasteiger partial charge in [0.2, 0.25) is 0 Å². The predicted molar refractivity (Wildman–Crippen MR) is 109 cm³/mol.